The van der Waals surface area contributed by atoms with E-state index in [1.165, 1.54) is 17.4 Å². The topological polar surface area (TPSA) is 77.6 Å². The molecule has 0 aliphatic carbocycles. The lowest BCUT2D eigenvalue weighted by Gasteiger charge is -2.25. The highest BCUT2D eigenvalue weighted by molar-refractivity contribution is 7.15. The largest absolute Gasteiger partial charge is 0.372 e. The summed E-state index contributed by atoms with van der Waals surface area (Å²) >= 11 is 1.50. The van der Waals surface area contributed by atoms with Gasteiger partial charge in [-0.3, -0.25) is 9.59 Å². The van der Waals surface area contributed by atoms with Crippen molar-refractivity contribution in [1.82, 2.24) is 9.88 Å². The summed E-state index contributed by atoms with van der Waals surface area (Å²) in [7, 11) is 6.07. The fourth-order valence-corrected chi connectivity index (χ4v) is 4.29. The molecule has 0 saturated carbocycles. The molecule has 2 aromatic carbocycles. The lowest BCUT2D eigenvalue weighted by atomic mass is 10.00. The second kappa shape index (κ2) is 12.3. The van der Waals surface area contributed by atoms with Gasteiger partial charge in [0.15, 0.2) is 5.13 Å². The maximum Gasteiger partial charge on any atom is 0.247 e. The van der Waals surface area contributed by atoms with Crippen LogP contribution in [0.25, 0.3) is 11.1 Å². The summed E-state index contributed by atoms with van der Waals surface area (Å²) in [4.78, 5) is 34.2. The van der Waals surface area contributed by atoms with Crippen LogP contribution in [0.2, 0.25) is 0 Å². The van der Waals surface area contributed by atoms with Gasteiger partial charge in [0.1, 0.15) is 0 Å². The Balaban J connectivity index is 1.82. The maximum absolute atomic E-state index is 12.6. The number of aryl methyl sites for hydroxylation is 1. The number of hydrogen-bond donors (Lipinski definition) is 2. The second-order valence-corrected chi connectivity index (χ2v) is 9.68. The van der Waals surface area contributed by atoms with Crippen LogP contribution in [0.3, 0.4) is 0 Å². The van der Waals surface area contributed by atoms with Crippen molar-refractivity contribution in [2.24, 2.45) is 0 Å². The van der Waals surface area contributed by atoms with Crippen LogP contribution in [-0.2, 0) is 22.4 Å². The fourth-order valence-electron chi connectivity index (χ4n) is 3.53. The number of carbonyl (C=O) groups is 2. The number of rotatable bonds is 11. The normalized spacial score (nSPS) is 10.8. The molecule has 0 fully saturated rings. The number of thiazole rings is 1. The molecule has 35 heavy (non-hydrogen) atoms. The average Bonchev–Trinajstić information content (AvgIpc) is 3.30. The number of carbonyl (C=O) groups excluding carboxylic acids is 2. The first-order valence-corrected chi connectivity index (χ1v) is 12.4. The summed E-state index contributed by atoms with van der Waals surface area (Å²) in [6.07, 6.45) is 4.23. The number of hydrogen-bond acceptors (Lipinski definition) is 6. The molecule has 0 atom stereocenters. The van der Waals surface area contributed by atoms with Crippen LogP contribution in [-0.4, -0.2) is 55.9 Å². The highest BCUT2D eigenvalue weighted by atomic mass is 32.1. The molecule has 2 amide bonds. The molecule has 0 unspecified atom stereocenters. The van der Waals surface area contributed by atoms with Crippen LogP contribution < -0.4 is 15.5 Å². The molecule has 0 spiro atoms. The predicted molar refractivity (Wildman–Crippen MR) is 146 cm³/mol. The Labute approximate surface area is 211 Å². The molecule has 1 aromatic heterocycles. The molecule has 2 N–H and O–H groups in total. The van der Waals surface area contributed by atoms with Gasteiger partial charge >= 0.3 is 0 Å². The number of nitrogens with zero attached hydrogens (tertiary/aromatic N) is 3. The summed E-state index contributed by atoms with van der Waals surface area (Å²) in [5.74, 6) is -0.343. The Kier molecular flexibility index (Phi) is 9.17. The Bertz CT molecular complexity index is 1190. The molecule has 0 bridgehead atoms. The van der Waals surface area contributed by atoms with Crippen LogP contribution in [0.1, 0.15) is 17.4 Å². The molecular weight excluding hydrogens is 458 g/mol. The first-order valence-electron chi connectivity index (χ1n) is 11.6. The van der Waals surface area contributed by atoms with Crippen molar-refractivity contribution >= 4 is 39.7 Å². The van der Waals surface area contributed by atoms with E-state index in [1.807, 2.05) is 57.5 Å². The van der Waals surface area contributed by atoms with Crippen LogP contribution in [0.5, 0.6) is 0 Å². The molecule has 0 radical (unpaired) electrons. The van der Waals surface area contributed by atoms with Gasteiger partial charge in [0.05, 0.1) is 17.8 Å². The lowest BCUT2D eigenvalue weighted by Crippen LogP contribution is -2.29. The van der Waals surface area contributed by atoms with Gasteiger partial charge in [-0.15, -0.1) is 11.3 Å². The van der Waals surface area contributed by atoms with Gasteiger partial charge in [-0.2, -0.15) is 0 Å². The van der Waals surface area contributed by atoms with Crippen molar-refractivity contribution in [3.63, 3.8) is 0 Å². The van der Waals surface area contributed by atoms with E-state index in [1.54, 1.807) is 6.20 Å². The van der Waals surface area contributed by atoms with E-state index in [0.717, 1.165) is 52.5 Å². The summed E-state index contributed by atoms with van der Waals surface area (Å²) in [6.45, 7) is 7.29. The quantitative estimate of drug-likeness (QED) is 0.381. The van der Waals surface area contributed by atoms with Gasteiger partial charge in [-0.1, -0.05) is 43.8 Å². The standard InChI is InChI=1S/C27H33N5O2S/c1-6-22-18-28-27(35-22)30-26(34)16-19-9-8-10-20(15-19)21-11-12-23(29-25(33)7-2)24(17-21)32(5)14-13-31(3)4/h7-12,15,17-18H,2,6,13-14,16H2,1,3-5H3,(H,29,33)(H,28,30,34). The molecule has 3 rings (SSSR count). The number of likely N-dealkylation sites (N-methyl/N-ethyl adjacent to an activating group) is 2. The number of aromatic nitrogens is 1. The first kappa shape index (κ1) is 26.1. The van der Waals surface area contributed by atoms with Gasteiger partial charge in [0.25, 0.3) is 0 Å². The van der Waals surface area contributed by atoms with E-state index in [0.29, 0.717) is 5.13 Å². The highest BCUT2D eigenvalue weighted by Crippen LogP contribution is 2.32. The SMILES string of the molecule is C=CC(=O)Nc1ccc(-c2cccc(CC(=O)Nc3ncc(CC)s3)c2)cc1N(C)CCN(C)C. The third-order valence-corrected chi connectivity index (χ3v) is 6.57. The Morgan fingerprint density at radius 2 is 1.83 bits per heavy atom. The van der Waals surface area contributed by atoms with Gasteiger partial charge in [0.2, 0.25) is 11.8 Å². The second-order valence-electron chi connectivity index (χ2n) is 8.56. The minimum atomic E-state index is -0.251. The zero-order chi connectivity index (χ0) is 25.4. The first-order chi connectivity index (χ1) is 16.8. The summed E-state index contributed by atoms with van der Waals surface area (Å²) in [6, 6.07) is 13.9. The van der Waals surface area contributed by atoms with Crippen LogP contribution in [0.15, 0.2) is 61.3 Å². The predicted octanol–water partition coefficient (Wildman–Crippen LogP) is 4.68. The average molecular weight is 492 g/mol. The van der Waals surface area contributed by atoms with E-state index < -0.39 is 0 Å². The van der Waals surface area contributed by atoms with Crippen molar-refractivity contribution in [1.29, 1.82) is 0 Å². The van der Waals surface area contributed by atoms with Crippen LogP contribution in [0.4, 0.5) is 16.5 Å². The Morgan fingerprint density at radius 3 is 2.51 bits per heavy atom. The van der Waals surface area contributed by atoms with Crippen molar-refractivity contribution in [3.05, 3.63) is 71.8 Å². The zero-order valence-corrected chi connectivity index (χ0v) is 21.6. The van der Waals surface area contributed by atoms with E-state index in [-0.39, 0.29) is 18.2 Å². The summed E-state index contributed by atoms with van der Waals surface area (Å²) < 4.78 is 0. The van der Waals surface area contributed by atoms with Gasteiger partial charge < -0.3 is 20.4 Å². The number of amides is 2. The third kappa shape index (κ3) is 7.50. The van der Waals surface area contributed by atoms with Gasteiger partial charge in [-0.05, 0) is 55.4 Å². The van der Waals surface area contributed by atoms with E-state index in [2.05, 4.69) is 45.0 Å². The summed E-state index contributed by atoms with van der Waals surface area (Å²) in [5.41, 5.74) is 4.56. The number of benzene rings is 2. The molecule has 184 valence electrons. The fraction of sp³-hybridized carbons (Fsp3) is 0.296. The molecule has 1 heterocycles. The molecular formula is C27H33N5O2S. The molecule has 0 aliphatic heterocycles. The van der Waals surface area contributed by atoms with Gasteiger partial charge in [0, 0.05) is 31.2 Å². The van der Waals surface area contributed by atoms with E-state index >= 15 is 0 Å². The molecule has 8 heteroatoms. The number of nitrogens with one attached hydrogen (secondary N) is 2. The minimum Gasteiger partial charge on any atom is -0.372 e. The van der Waals surface area contributed by atoms with Crippen LogP contribution in [0, 0.1) is 0 Å². The maximum atomic E-state index is 12.6. The van der Waals surface area contributed by atoms with Crippen molar-refractivity contribution < 1.29 is 9.59 Å². The van der Waals surface area contributed by atoms with Crippen molar-refractivity contribution in [3.8, 4) is 11.1 Å². The number of anilines is 3. The Hall–Kier alpha value is -3.49. The molecule has 0 saturated heterocycles. The van der Waals surface area contributed by atoms with E-state index in [9.17, 15) is 9.59 Å². The monoisotopic (exact) mass is 491 g/mol. The zero-order valence-electron chi connectivity index (χ0n) is 20.8. The molecule has 7 nitrogen and oxygen atoms in total. The minimum absolute atomic E-state index is 0.0919. The smallest absolute Gasteiger partial charge is 0.247 e. The molecule has 3 aromatic rings. The van der Waals surface area contributed by atoms with E-state index in [4.69, 9.17) is 0 Å². The lowest BCUT2D eigenvalue weighted by molar-refractivity contribution is -0.115. The van der Waals surface area contributed by atoms with Crippen molar-refractivity contribution in [2.75, 3.05) is 49.8 Å². The third-order valence-electron chi connectivity index (χ3n) is 5.51. The van der Waals surface area contributed by atoms with Crippen LogP contribution >= 0.6 is 11.3 Å². The van der Waals surface area contributed by atoms with Crippen molar-refractivity contribution in [2.45, 2.75) is 19.8 Å². The van der Waals surface area contributed by atoms with Gasteiger partial charge in [-0.25, -0.2) is 4.98 Å². The highest BCUT2D eigenvalue weighted by Gasteiger charge is 2.13. The Morgan fingerprint density at radius 1 is 1.06 bits per heavy atom. The molecule has 0 aliphatic rings. The summed E-state index contributed by atoms with van der Waals surface area (Å²) in [5, 5.41) is 6.43.